The van der Waals surface area contributed by atoms with Gasteiger partial charge in [-0.25, -0.2) is 10.2 Å². The van der Waals surface area contributed by atoms with E-state index < -0.39 is 23.3 Å². The van der Waals surface area contributed by atoms with Crippen LogP contribution in [0.15, 0.2) is 5.10 Å². The number of carbonyl (C=O) groups excluding carboxylic acids is 1. The minimum atomic E-state index is -0.778. The molecule has 6 nitrogen and oxygen atoms in total. The van der Waals surface area contributed by atoms with Gasteiger partial charge in [0.05, 0.1) is 5.92 Å². The molecule has 0 aliphatic heterocycles. The lowest BCUT2D eigenvalue weighted by Crippen LogP contribution is -2.42. The normalized spacial score (nSPS) is 31.1. The number of primary amides is 1. The summed E-state index contributed by atoms with van der Waals surface area (Å²) >= 11 is 0. The van der Waals surface area contributed by atoms with E-state index in [1.54, 1.807) is 6.92 Å². The number of rotatable bonds is 3. The first-order valence-electron chi connectivity index (χ1n) is 5.96. The smallest absolute Gasteiger partial charge is 0.332 e. The molecule has 102 valence electrons. The Hall–Kier alpha value is -1.59. The van der Waals surface area contributed by atoms with Crippen LogP contribution in [0.4, 0.5) is 4.79 Å². The van der Waals surface area contributed by atoms with Crippen LogP contribution in [0.1, 0.15) is 40.5 Å². The third kappa shape index (κ3) is 2.19. The van der Waals surface area contributed by atoms with Gasteiger partial charge in [-0.2, -0.15) is 5.10 Å². The zero-order valence-electron chi connectivity index (χ0n) is 11.3. The standard InChI is InChI=1S/C12H21N3O3/c1-7(14-15-10(13)18)12(4)6-5-8(9(16)17)11(12,2)3/h8H,5-6H2,1-4H3,(H,16,17)(H3,13,15,18)/b14-7-/t8-,12-/m0/s1. The molecular formula is C12H21N3O3. The van der Waals surface area contributed by atoms with Gasteiger partial charge in [-0.05, 0) is 25.2 Å². The van der Waals surface area contributed by atoms with E-state index in [2.05, 4.69) is 10.5 Å². The molecule has 0 aromatic carbocycles. The second kappa shape index (κ2) is 4.59. The van der Waals surface area contributed by atoms with Crippen LogP contribution in [-0.4, -0.2) is 22.8 Å². The van der Waals surface area contributed by atoms with E-state index in [9.17, 15) is 14.7 Å². The van der Waals surface area contributed by atoms with Gasteiger partial charge >= 0.3 is 12.0 Å². The number of urea groups is 1. The summed E-state index contributed by atoms with van der Waals surface area (Å²) in [4.78, 5) is 21.9. The molecule has 2 atom stereocenters. The summed E-state index contributed by atoms with van der Waals surface area (Å²) in [5, 5.41) is 13.2. The highest BCUT2D eigenvalue weighted by Crippen LogP contribution is 2.56. The molecule has 0 bridgehead atoms. The molecule has 0 radical (unpaired) electrons. The van der Waals surface area contributed by atoms with Gasteiger partial charge in [0.2, 0.25) is 0 Å². The van der Waals surface area contributed by atoms with Gasteiger partial charge in [0.15, 0.2) is 0 Å². The van der Waals surface area contributed by atoms with Crippen molar-refractivity contribution in [1.29, 1.82) is 0 Å². The van der Waals surface area contributed by atoms with Crippen molar-refractivity contribution >= 4 is 17.7 Å². The first kappa shape index (κ1) is 14.5. The molecule has 0 saturated heterocycles. The third-order valence-electron chi connectivity index (χ3n) is 4.66. The zero-order chi connectivity index (χ0) is 14.1. The maximum absolute atomic E-state index is 11.3. The molecule has 0 unspecified atom stereocenters. The van der Waals surface area contributed by atoms with E-state index in [0.29, 0.717) is 12.1 Å². The molecule has 4 N–H and O–H groups in total. The van der Waals surface area contributed by atoms with Crippen molar-refractivity contribution in [3.05, 3.63) is 0 Å². The first-order chi connectivity index (χ1) is 8.13. The molecule has 1 saturated carbocycles. The van der Waals surface area contributed by atoms with E-state index in [4.69, 9.17) is 5.73 Å². The number of hydrogen-bond donors (Lipinski definition) is 3. The highest BCUT2D eigenvalue weighted by Gasteiger charge is 2.55. The van der Waals surface area contributed by atoms with Crippen LogP contribution in [0.25, 0.3) is 0 Å². The Bertz CT molecular complexity index is 403. The predicted molar refractivity (Wildman–Crippen MR) is 68.1 cm³/mol. The molecule has 18 heavy (non-hydrogen) atoms. The van der Waals surface area contributed by atoms with Gasteiger partial charge in [0.25, 0.3) is 0 Å². The van der Waals surface area contributed by atoms with Crippen LogP contribution in [0, 0.1) is 16.7 Å². The van der Waals surface area contributed by atoms with Gasteiger partial charge in [-0.3, -0.25) is 4.79 Å². The molecular weight excluding hydrogens is 234 g/mol. The maximum atomic E-state index is 11.3. The number of nitrogens with one attached hydrogen (secondary N) is 1. The lowest BCUT2D eigenvalue weighted by atomic mass is 9.63. The number of carbonyl (C=O) groups is 2. The number of nitrogens with two attached hydrogens (primary N) is 1. The number of nitrogens with zero attached hydrogens (tertiary/aromatic N) is 1. The Kier molecular flexibility index (Phi) is 3.69. The van der Waals surface area contributed by atoms with Crippen LogP contribution in [0.5, 0.6) is 0 Å². The Balaban J connectivity index is 3.04. The van der Waals surface area contributed by atoms with Gasteiger partial charge in [0, 0.05) is 11.1 Å². The minimum Gasteiger partial charge on any atom is -0.481 e. The predicted octanol–water partition coefficient (Wildman–Crippen LogP) is 1.56. The lowest BCUT2D eigenvalue weighted by molar-refractivity contribution is -0.145. The fraction of sp³-hybridized carbons (Fsp3) is 0.750. The Morgan fingerprint density at radius 1 is 1.39 bits per heavy atom. The number of carboxylic acid groups (broad SMARTS) is 1. The molecule has 2 amide bonds. The number of amides is 2. The van der Waals surface area contributed by atoms with Crippen LogP contribution >= 0.6 is 0 Å². The average molecular weight is 255 g/mol. The third-order valence-corrected chi connectivity index (χ3v) is 4.66. The Morgan fingerprint density at radius 3 is 2.33 bits per heavy atom. The maximum Gasteiger partial charge on any atom is 0.332 e. The monoisotopic (exact) mass is 255 g/mol. The van der Waals surface area contributed by atoms with E-state index in [1.807, 2.05) is 20.8 Å². The van der Waals surface area contributed by atoms with Gasteiger partial charge in [0.1, 0.15) is 0 Å². The highest BCUT2D eigenvalue weighted by molar-refractivity contribution is 5.91. The van der Waals surface area contributed by atoms with Crippen LogP contribution < -0.4 is 11.2 Å². The van der Waals surface area contributed by atoms with E-state index >= 15 is 0 Å². The van der Waals surface area contributed by atoms with Gasteiger partial charge < -0.3 is 10.8 Å². The average Bonchev–Trinajstić information content (AvgIpc) is 2.47. The number of hydrazone groups is 1. The summed E-state index contributed by atoms with van der Waals surface area (Å²) in [7, 11) is 0. The van der Waals surface area contributed by atoms with Crippen LogP contribution in [0.2, 0.25) is 0 Å². The second-order valence-corrected chi connectivity index (χ2v) is 5.66. The number of carboxylic acids is 1. The molecule has 0 heterocycles. The molecule has 1 aliphatic rings. The molecule has 1 rings (SSSR count). The summed E-state index contributed by atoms with van der Waals surface area (Å²) in [6, 6.07) is -0.719. The van der Waals surface area contributed by atoms with E-state index in [0.717, 1.165) is 6.42 Å². The molecule has 1 fully saturated rings. The number of hydrogen-bond acceptors (Lipinski definition) is 3. The molecule has 1 aliphatic carbocycles. The second-order valence-electron chi connectivity index (χ2n) is 5.66. The molecule has 0 aromatic heterocycles. The summed E-state index contributed by atoms with van der Waals surface area (Å²) in [5.41, 5.74) is 7.10. The molecule has 6 heteroatoms. The van der Waals surface area contributed by atoms with Crippen molar-refractivity contribution < 1.29 is 14.7 Å². The topological polar surface area (TPSA) is 105 Å². The Labute approximate surface area is 107 Å². The van der Waals surface area contributed by atoms with Crippen molar-refractivity contribution in [2.24, 2.45) is 27.6 Å². The van der Waals surface area contributed by atoms with Crippen molar-refractivity contribution in [3.63, 3.8) is 0 Å². The lowest BCUT2D eigenvalue weighted by Gasteiger charge is -2.40. The first-order valence-corrected chi connectivity index (χ1v) is 5.96. The van der Waals surface area contributed by atoms with Crippen molar-refractivity contribution in [1.82, 2.24) is 5.43 Å². The molecule has 0 spiro atoms. The Morgan fingerprint density at radius 2 is 1.94 bits per heavy atom. The highest BCUT2D eigenvalue weighted by atomic mass is 16.4. The molecule has 0 aromatic rings. The quantitative estimate of drug-likeness (QED) is 0.526. The van der Waals surface area contributed by atoms with Crippen molar-refractivity contribution in [2.75, 3.05) is 0 Å². The SMILES string of the molecule is C/C(=N/NC(N)=O)[C@]1(C)CC[C@@H](C(=O)O)C1(C)C. The van der Waals surface area contributed by atoms with Gasteiger partial charge in [-0.1, -0.05) is 20.8 Å². The summed E-state index contributed by atoms with van der Waals surface area (Å²) in [6.45, 7) is 7.64. The summed E-state index contributed by atoms with van der Waals surface area (Å²) in [6.07, 6.45) is 1.34. The number of aliphatic carboxylic acids is 1. The summed E-state index contributed by atoms with van der Waals surface area (Å²) in [5.74, 6) is -1.18. The van der Waals surface area contributed by atoms with Crippen LogP contribution in [-0.2, 0) is 4.79 Å². The van der Waals surface area contributed by atoms with Crippen LogP contribution in [0.3, 0.4) is 0 Å². The fourth-order valence-corrected chi connectivity index (χ4v) is 2.84. The summed E-state index contributed by atoms with van der Waals surface area (Å²) < 4.78 is 0. The van der Waals surface area contributed by atoms with Crippen molar-refractivity contribution in [3.8, 4) is 0 Å². The fourth-order valence-electron chi connectivity index (χ4n) is 2.84. The largest absolute Gasteiger partial charge is 0.481 e. The van der Waals surface area contributed by atoms with Crippen molar-refractivity contribution in [2.45, 2.75) is 40.5 Å². The zero-order valence-corrected chi connectivity index (χ0v) is 11.3. The van der Waals surface area contributed by atoms with E-state index in [1.165, 1.54) is 0 Å². The van der Waals surface area contributed by atoms with Gasteiger partial charge in [-0.15, -0.1) is 0 Å². The van der Waals surface area contributed by atoms with E-state index in [-0.39, 0.29) is 5.41 Å². The minimum absolute atomic E-state index is 0.363.